The smallest absolute Gasteiger partial charge is 0.336 e. The molecule has 0 spiro atoms. The molecule has 0 aliphatic carbocycles. The standard InChI is InChI=1S/C11H8Br2O3/c1-6-4-10(16-11(6)14)15-9-3-2-7(12)5-8(9)13/h2-5,10H,1H3. The molecule has 0 saturated carbocycles. The number of rotatable bonds is 2. The zero-order valence-corrected chi connectivity index (χ0v) is 11.5. The average molecular weight is 348 g/mol. The molecule has 0 radical (unpaired) electrons. The Morgan fingerprint density at radius 3 is 2.69 bits per heavy atom. The van der Waals surface area contributed by atoms with Crippen molar-refractivity contribution in [1.29, 1.82) is 0 Å². The summed E-state index contributed by atoms with van der Waals surface area (Å²) in [6.45, 7) is 1.70. The van der Waals surface area contributed by atoms with Crippen LogP contribution in [0.4, 0.5) is 0 Å². The molecule has 1 aromatic rings. The summed E-state index contributed by atoms with van der Waals surface area (Å²) < 4.78 is 12.2. The topological polar surface area (TPSA) is 35.5 Å². The van der Waals surface area contributed by atoms with Gasteiger partial charge in [-0.2, -0.15) is 0 Å². The fourth-order valence-electron chi connectivity index (χ4n) is 1.26. The van der Waals surface area contributed by atoms with Gasteiger partial charge in [0.1, 0.15) is 5.75 Å². The van der Waals surface area contributed by atoms with Crippen LogP contribution in [-0.2, 0) is 9.53 Å². The minimum Gasteiger partial charge on any atom is -0.450 e. The Labute approximate surface area is 110 Å². The maximum Gasteiger partial charge on any atom is 0.336 e. The Hall–Kier alpha value is -0.810. The van der Waals surface area contributed by atoms with Crippen LogP contribution < -0.4 is 4.74 Å². The van der Waals surface area contributed by atoms with Crippen molar-refractivity contribution in [2.24, 2.45) is 0 Å². The molecule has 1 aliphatic rings. The van der Waals surface area contributed by atoms with Crippen molar-refractivity contribution in [1.82, 2.24) is 0 Å². The van der Waals surface area contributed by atoms with Gasteiger partial charge in [0.15, 0.2) is 0 Å². The first-order valence-electron chi connectivity index (χ1n) is 4.57. The van der Waals surface area contributed by atoms with E-state index in [2.05, 4.69) is 31.9 Å². The monoisotopic (exact) mass is 346 g/mol. The predicted octanol–water partition coefficient (Wildman–Crippen LogP) is 3.42. The molecule has 84 valence electrons. The van der Waals surface area contributed by atoms with E-state index in [4.69, 9.17) is 9.47 Å². The lowest BCUT2D eigenvalue weighted by atomic mass is 10.3. The van der Waals surface area contributed by atoms with E-state index in [1.807, 2.05) is 12.1 Å². The zero-order valence-electron chi connectivity index (χ0n) is 8.37. The first-order valence-corrected chi connectivity index (χ1v) is 6.16. The summed E-state index contributed by atoms with van der Waals surface area (Å²) in [5, 5.41) is 0. The van der Waals surface area contributed by atoms with Gasteiger partial charge in [-0.25, -0.2) is 4.79 Å². The van der Waals surface area contributed by atoms with Crippen molar-refractivity contribution in [2.45, 2.75) is 13.2 Å². The van der Waals surface area contributed by atoms with Crippen LogP contribution in [-0.4, -0.2) is 12.3 Å². The van der Waals surface area contributed by atoms with Crippen molar-refractivity contribution < 1.29 is 14.3 Å². The molecule has 0 fully saturated rings. The maximum absolute atomic E-state index is 11.1. The lowest BCUT2D eigenvalue weighted by Crippen LogP contribution is -2.15. The normalized spacial score (nSPS) is 19.3. The minimum atomic E-state index is -0.634. The molecular formula is C11H8Br2O3. The summed E-state index contributed by atoms with van der Waals surface area (Å²) in [4.78, 5) is 11.1. The highest BCUT2D eigenvalue weighted by molar-refractivity contribution is 9.11. The Morgan fingerprint density at radius 1 is 1.38 bits per heavy atom. The molecule has 3 nitrogen and oxygen atoms in total. The van der Waals surface area contributed by atoms with Crippen molar-refractivity contribution in [2.75, 3.05) is 0 Å². The molecule has 5 heteroatoms. The second-order valence-electron chi connectivity index (χ2n) is 3.32. The summed E-state index contributed by atoms with van der Waals surface area (Å²) in [6, 6.07) is 5.51. The van der Waals surface area contributed by atoms with Crippen molar-refractivity contribution in [3.63, 3.8) is 0 Å². The number of cyclic esters (lactones) is 1. The number of benzene rings is 1. The van der Waals surface area contributed by atoms with Gasteiger partial charge in [-0.15, -0.1) is 0 Å². The van der Waals surface area contributed by atoms with Crippen molar-refractivity contribution in [3.8, 4) is 5.75 Å². The molecule has 1 aromatic carbocycles. The van der Waals surface area contributed by atoms with Gasteiger partial charge >= 0.3 is 5.97 Å². The third-order valence-corrected chi connectivity index (χ3v) is 3.18. The van der Waals surface area contributed by atoms with E-state index >= 15 is 0 Å². The van der Waals surface area contributed by atoms with Gasteiger partial charge in [0.2, 0.25) is 0 Å². The Kier molecular flexibility index (Phi) is 3.35. The summed E-state index contributed by atoms with van der Waals surface area (Å²) in [6.07, 6.45) is 1.02. The number of carbonyl (C=O) groups excluding carboxylic acids is 1. The summed E-state index contributed by atoms with van der Waals surface area (Å²) in [7, 11) is 0. The number of hydrogen-bond donors (Lipinski definition) is 0. The molecule has 2 rings (SSSR count). The minimum absolute atomic E-state index is 0.335. The predicted molar refractivity (Wildman–Crippen MR) is 66.1 cm³/mol. The van der Waals surface area contributed by atoms with E-state index in [9.17, 15) is 4.79 Å². The van der Waals surface area contributed by atoms with Gasteiger partial charge < -0.3 is 9.47 Å². The van der Waals surface area contributed by atoms with E-state index in [1.165, 1.54) is 0 Å². The van der Waals surface area contributed by atoms with Crippen LogP contribution in [0, 0.1) is 0 Å². The molecule has 1 atom stereocenters. The number of halogens is 2. The van der Waals surface area contributed by atoms with E-state index in [-0.39, 0.29) is 5.97 Å². The zero-order chi connectivity index (χ0) is 11.7. The first kappa shape index (κ1) is 11.7. The molecular weight excluding hydrogens is 340 g/mol. The molecule has 0 saturated heterocycles. The van der Waals surface area contributed by atoms with Gasteiger partial charge in [0.25, 0.3) is 6.29 Å². The molecule has 16 heavy (non-hydrogen) atoms. The highest BCUT2D eigenvalue weighted by Crippen LogP contribution is 2.30. The fourth-order valence-corrected chi connectivity index (χ4v) is 2.40. The third kappa shape index (κ3) is 2.47. The summed E-state index contributed by atoms with van der Waals surface area (Å²) in [5.41, 5.74) is 0.568. The Balaban J connectivity index is 2.14. The number of esters is 1. The molecule has 1 aliphatic heterocycles. The summed E-state index contributed by atoms with van der Waals surface area (Å²) >= 11 is 6.71. The van der Waals surface area contributed by atoms with Crippen LogP contribution in [0.15, 0.2) is 38.8 Å². The molecule has 0 N–H and O–H groups in total. The van der Waals surface area contributed by atoms with Crippen LogP contribution >= 0.6 is 31.9 Å². The molecule has 0 bridgehead atoms. The second-order valence-corrected chi connectivity index (χ2v) is 5.09. The average Bonchev–Trinajstić information content (AvgIpc) is 2.51. The Bertz CT molecular complexity index is 468. The fraction of sp³-hybridized carbons (Fsp3) is 0.182. The van der Waals surface area contributed by atoms with Crippen LogP contribution in [0.2, 0.25) is 0 Å². The lowest BCUT2D eigenvalue weighted by Gasteiger charge is -2.12. The van der Waals surface area contributed by atoms with Crippen LogP contribution in [0.25, 0.3) is 0 Å². The number of hydrogen-bond acceptors (Lipinski definition) is 3. The highest BCUT2D eigenvalue weighted by Gasteiger charge is 2.24. The van der Waals surface area contributed by atoms with Crippen LogP contribution in [0.5, 0.6) is 5.75 Å². The quantitative estimate of drug-likeness (QED) is 0.769. The van der Waals surface area contributed by atoms with Crippen molar-refractivity contribution >= 4 is 37.8 Å². The molecule has 0 amide bonds. The molecule has 1 unspecified atom stereocenters. The lowest BCUT2D eigenvalue weighted by molar-refractivity contribution is -0.148. The SMILES string of the molecule is CC1=CC(Oc2ccc(Br)cc2Br)OC1=O. The maximum atomic E-state index is 11.1. The van der Waals surface area contributed by atoms with Gasteiger partial charge in [-0.1, -0.05) is 15.9 Å². The van der Waals surface area contributed by atoms with Gasteiger partial charge in [-0.3, -0.25) is 0 Å². The summed E-state index contributed by atoms with van der Waals surface area (Å²) in [5.74, 6) is 0.296. The van der Waals surface area contributed by atoms with E-state index in [0.29, 0.717) is 11.3 Å². The highest BCUT2D eigenvalue weighted by atomic mass is 79.9. The van der Waals surface area contributed by atoms with Gasteiger partial charge in [0, 0.05) is 16.1 Å². The van der Waals surface area contributed by atoms with Gasteiger partial charge in [-0.05, 0) is 41.1 Å². The van der Waals surface area contributed by atoms with E-state index in [0.717, 1.165) is 8.95 Å². The third-order valence-electron chi connectivity index (χ3n) is 2.07. The molecule has 1 heterocycles. The van der Waals surface area contributed by atoms with Crippen LogP contribution in [0.1, 0.15) is 6.92 Å². The largest absolute Gasteiger partial charge is 0.450 e. The number of carbonyl (C=O) groups is 1. The van der Waals surface area contributed by atoms with Gasteiger partial charge in [0.05, 0.1) is 4.47 Å². The number of ether oxygens (including phenoxy) is 2. The van der Waals surface area contributed by atoms with E-state index < -0.39 is 6.29 Å². The van der Waals surface area contributed by atoms with Crippen LogP contribution in [0.3, 0.4) is 0 Å². The second kappa shape index (κ2) is 4.59. The van der Waals surface area contributed by atoms with E-state index in [1.54, 1.807) is 19.1 Å². The van der Waals surface area contributed by atoms with Crippen molar-refractivity contribution in [3.05, 3.63) is 38.8 Å². The first-order chi connectivity index (χ1) is 7.56. The molecule has 0 aromatic heterocycles. The Morgan fingerprint density at radius 2 is 2.12 bits per heavy atom.